The SMILES string of the molecule is CCOC(Cn1nc(CCNC(=O)NC)cc1N)OCC. The van der Waals surface area contributed by atoms with Crippen LogP contribution >= 0.6 is 0 Å². The molecular formula is C13H25N5O3. The summed E-state index contributed by atoms with van der Waals surface area (Å²) < 4.78 is 12.6. The second-order valence-corrected chi connectivity index (χ2v) is 4.34. The molecule has 1 aromatic rings. The highest BCUT2D eigenvalue weighted by Gasteiger charge is 2.13. The number of carbonyl (C=O) groups is 1. The van der Waals surface area contributed by atoms with Gasteiger partial charge in [-0.3, -0.25) is 0 Å². The van der Waals surface area contributed by atoms with Gasteiger partial charge < -0.3 is 25.8 Å². The zero-order valence-electron chi connectivity index (χ0n) is 12.9. The van der Waals surface area contributed by atoms with E-state index in [1.165, 1.54) is 0 Å². The highest BCUT2D eigenvalue weighted by molar-refractivity contribution is 5.73. The highest BCUT2D eigenvalue weighted by Crippen LogP contribution is 2.09. The van der Waals surface area contributed by atoms with Gasteiger partial charge in [0.15, 0.2) is 6.29 Å². The Morgan fingerprint density at radius 3 is 2.67 bits per heavy atom. The number of amides is 2. The summed E-state index contributed by atoms with van der Waals surface area (Å²) in [7, 11) is 1.57. The van der Waals surface area contributed by atoms with Gasteiger partial charge in [-0.2, -0.15) is 5.10 Å². The summed E-state index contributed by atoms with van der Waals surface area (Å²) in [4.78, 5) is 11.1. The molecule has 0 aliphatic rings. The lowest BCUT2D eigenvalue weighted by Gasteiger charge is -2.17. The number of aromatic nitrogens is 2. The molecule has 0 aliphatic carbocycles. The van der Waals surface area contributed by atoms with Crippen LogP contribution in [0, 0.1) is 0 Å². The van der Waals surface area contributed by atoms with Crippen molar-refractivity contribution < 1.29 is 14.3 Å². The number of nitrogens with one attached hydrogen (secondary N) is 2. The number of hydrogen-bond donors (Lipinski definition) is 3. The first-order chi connectivity index (χ1) is 10.1. The van der Waals surface area contributed by atoms with E-state index in [1.807, 2.05) is 13.8 Å². The van der Waals surface area contributed by atoms with E-state index in [0.717, 1.165) is 5.69 Å². The molecule has 8 heteroatoms. The van der Waals surface area contributed by atoms with Crippen LogP contribution in [0.25, 0.3) is 0 Å². The Labute approximate surface area is 125 Å². The van der Waals surface area contributed by atoms with Crippen molar-refractivity contribution in [3.8, 4) is 0 Å². The predicted molar refractivity (Wildman–Crippen MR) is 79.8 cm³/mol. The highest BCUT2D eigenvalue weighted by atomic mass is 16.7. The number of nitrogens with zero attached hydrogens (tertiary/aromatic N) is 2. The van der Waals surface area contributed by atoms with Crippen molar-refractivity contribution in [1.29, 1.82) is 0 Å². The number of urea groups is 1. The monoisotopic (exact) mass is 299 g/mol. The third-order valence-electron chi connectivity index (χ3n) is 2.78. The Balaban J connectivity index is 2.54. The smallest absolute Gasteiger partial charge is 0.314 e. The second kappa shape index (κ2) is 9.19. The predicted octanol–water partition coefficient (Wildman–Crippen LogP) is 0.336. The zero-order chi connectivity index (χ0) is 15.7. The van der Waals surface area contributed by atoms with Gasteiger partial charge in [-0.1, -0.05) is 0 Å². The number of ether oxygens (including phenoxy) is 2. The quantitative estimate of drug-likeness (QED) is 0.570. The van der Waals surface area contributed by atoms with Crippen LogP contribution in [0.3, 0.4) is 0 Å². The molecule has 0 aliphatic heterocycles. The Bertz CT molecular complexity index is 429. The normalized spacial score (nSPS) is 10.9. The van der Waals surface area contributed by atoms with Crippen LogP contribution in [-0.2, 0) is 22.4 Å². The molecule has 4 N–H and O–H groups in total. The maximum Gasteiger partial charge on any atom is 0.314 e. The van der Waals surface area contributed by atoms with Crippen molar-refractivity contribution in [3.05, 3.63) is 11.8 Å². The standard InChI is InChI=1S/C13H25N5O3/c1-4-20-12(21-5-2)9-18-11(14)8-10(17-18)6-7-16-13(19)15-3/h8,12H,4-7,9,14H2,1-3H3,(H2,15,16,19). The number of nitrogens with two attached hydrogens (primary N) is 1. The second-order valence-electron chi connectivity index (χ2n) is 4.34. The Hall–Kier alpha value is -1.80. The summed E-state index contributed by atoms with van der Waals surface area (Å²) >= 11 is 0. The van der Waals surface area contributed by atoms with Crippen LogP contribution in [0.5, 0.6) is 0 Å². The van der Waals surface area contributed by atoms with Gasteiger partial charge in [0.2, 0.25) is 0 Å². The molecular weight excluding hydrogens is 274 g/mol. The lowest BCUT2D eigenvalue weighted by atomic mass is 10.3. The van der Waals surface area contributed by atoms with Gasteiger partial charge in [0.25, 0.3) is 0 Å². The molecule has 1 rings (SSSR count). The van der Waals surface area contributed by atoms with Crippen molar-refractivity contribution in [2.45, 2.75) is 33.1 Å². The molecule has 2 amide bonds. The maximum absolute atomic E-state index is 11.1. The fourth-order valence-corrected chi connectivity index (χ4v) is 1.81. The van der Waals surface area contributed by atoms with Gasteiger partial charge in [0, 0.05) is 39.3 Å². The van der Waals surface area contributed by atoms with Gasteiger partial charge in [0.1, 0.15) is 5.82 Å². The van der Waals surface area contributed by atoms with Crippen LogP contribution in [-0.4, -0.2) is 48.9 Å². The van der Waals surface area contributed by atoms with Crippen molar-refractivity contribution in [2.75, 3.05) is 32.5 Å². The van der Waals surface area contributed by atoms with Gasteiger partial charge in [-0.25, -0.2) is 9.48 Å². The third-order valence-corrected chi connectivity index (χ3v) is 2.78. The lowest BCUT2D eigenvalue weighted by molar-refractivity contribution is -0.144. The first-order valence-corrected chi connectivity index (χ1v) is 7.11. The minimum Gasteiger partial charge on any atom is -0.384 e. The molecule has 21 heavy (non-hydrogen) atoms. The van der Waals surface area contributed by atoms with Crippen LogP contribution < -0.4 is 16.4 Å². The summed E-state index contributed by atoms with van der Waals surface area (Å²) in [6.45, 7) is 5.89. The molecule has 1 heterocycles. The number of carbonyl (C=O) groups excluding carboxylic acids is 1. The number of rotatable bonds is 9. The van der Waals surface area contributed by atoms with E-state index in [-0.39, 0.29) is 12.3 Å². The summed E-state index contributed by atoms with van der Waals surface area (Å²) in [6, 6.07) is 1.58. The van der Waals surface area contributed by atoms with E-state index >= 15 is 0 Å². The van der Waals surface area contributed by atoms with E-state index in [4.69, 9.17) is 15.2 Å². The lowest BCUT2D eigenvalue weighted by Crippen LogP contribution is -2.34. The molecule has 0 fully saturated rings. The average Bonchev–Trinajstić information content (AvgIpc) is 2.79. The average molecular weight is 299 g/mol. The van der Waals surface area contributed by atoms with Crippen LogP contribution in [0.4, 0.5) is 10.6 Å². The molecule has 0 saturated heterocycles. The zero-order valence-corrected chi connectivity index (χ0v) is 12.9. The largest absolute Gasteiger partial charge is 0.384 e. The fourth-order valence-electron chi connectivity index (χ4n) is 1.81. The van der Waals surface area contributed by atoms with Crippen LogP contribution in [0.2, 0.25) is 0 Å². The van der Waals surface area contributed by atoms with Crippen LogP contribution in [0.1, 0.15) is 19.5 Å². The van der Waals surface area contributed by atoms with E-state index in [0.29, 0.717) is 38.5 Å². The first-order valence-electron chi connectivity index (χ1n) is 7.11. The summed E-state index contributed by atoms with van der Waals surface area (Å²) in [6.07, 6.45) is 0.248. The summed E-state index contributed by atoms with van der Waals surface area (Å²) in [5.41, 5.74) is 6.74. The molecule has 0 unspecified atom stereocenters. The minimum absolute atomic E-state index is 0.213. The number of hydrogen-bond acceptors (Lipinski definition) is 5. The fraction of sp³-hybridized carbons (Fsp3) is 0.692. The molecule has 0 aromatic carbocycles. The van der Waals surface area contributed by atoms with Crippen molar-refractivity contribution >= 4 is 11.8 Å². The number of nitrogen functional groups attached to an aromatic ring is 1. The Morgan fingerprint density at radius 2 is 2.10 bits per heavy atom. The molecule has 0 saturated carbocycles. The van der Waals surface area contributed by atoms with Gasteiger partial charge >= 0.3 is 6.03 Å². The third kappa shape index (κ3) is 6.01. The molecule has 8 nitrogen and oxygen atoms in total. The van der Waals surface area contributed by atoms with Gasteiger partial charge in [-0.05, 0) is 13.8 Å². The molecule has 0 spiro atoms. The van der Waals surface area contributed by atoms with Crippen molar-refractivity contribution in [1.82, 2.24) is 20.4 Å². The van der Waals surface area contributed by atoms with E-state index in [2.05, 4.69) is 15.7 Å². The first kappa shape index (κ1) is 17.3. The van der Waals surface area contributed by atoms with E-state index in [1.54, 1.807) is 17.8 Å². The minimum atomic E-state index is -0.362. The van der Waals surface area contributed by atoms with Crippen LogP contribution in [0.15, 0.2) is 6.07 Å². The molecule has 0 radical (unpaired) electrons. The molecule has 120 valence electrons. The van der Waals surface area contributed by atoms with Crippen molar-refractivity contribution in [3.63, 3.8) is 0 Å². The molecule has 1 aromatic heterocycles. The summed E-state index contributed by atoms with van der Waals surface area (Å²) in [5.74, 6) is 0.550. The van der Waals surface area contributed by atoms with Crippen molar-refractivity contribution in [2.24, 2.45) is 0 Å². The molecule has 0 atom stereocenters. The Kier molecular flexibility index (Phi) is 7.55. The Morgan fingerprint density at radius 1 is 1.43 bits per heavy atom. The number of anilines is 1. The van der Waals surface area contributed by atoms with E-state index < -0.39 is 0 Å². The maximum atomic E-state index is 11.1. The van der Waals surface area contributed by atoms with Gasteiger partial charge in [-0.15, -0.1) is 0 Å². The topological polar surface area (TPSA) is 103 Å². The summed E-state index contributed by atoms with van der Waals surface area (Å²) in [5, 5.41) is 9.59. The van der Waals surface area contributed by atoms with E-state index in [9.17, 15) is 4.79 Å². The van der Waals surface area contributed by atoms with Gasteiger partial charge in [0.05, 0.1) is 12.2 Å². The molecule has 0 bridgehead atoms.